The highest BCUT2D eigenvalue weighted by atomic mass is 32.2. The zero-order valence-corrected chi connectivity index (χ0v) is 12.4. The third-order valence-corrected chi connectivity index (χ3v) is 5.36. The number of hydrogen-bond donors (Lipinski definition) is 0. The first-order valence-corrected chi connectivity index (χ1v) is 7.96. The van der Waals surface area contributed by atoms with E-state index >= 15 is 0 Å². The van der Waals surface area contributed by atoms with E-state index in [2.05, 4.69) is 0 Å². The molecule has 1 aliphatic heterocycles. The molecule has 1 aromatic carbocycles. The summed E-state index contributed by atoms with van der Waals surface area (Å²) in [6, 6.07) is 7.81. The number of allylic oxidation sites excluding steroid dienone is 2. The molecule has 1 aliphatic rings. The molecular formula is C14H10N2O3S2. The number of hydrogen-bond acceptors (Lipinski definition) is 6. The predicted octanol–water partition coefficient (Wildman–Crippen LogP) is 3.39. The smallest absolute Gasteiger partial charge is 0.269 e. The molecule has 0 atom stereocenters. The number of nitro benzene ring substituents is 1. The lowest BCUT2D eigenvalue weighted by Crippen LogP contribution is -1.97. The van der Waals surface area contributed by atoms with E-state index in [-0.39, 0.29) is 17.0 Å². The largest absolute Gasteiger partial charge is 0.288 e. The lowest BCUT2D eigenvalue weighted by molar-refractivity contribution is -0.384. The van der Waals surface area contributed by atoms with Crippen LogP contribution in [0.1, 0.15) is 5.56 Å². The Labute approximate surface area is 129 Å². The summed E-state index contributed by atoms with van der Waals surface area (Å²) in [6.45, 7) is 0. The topological polar surface area (TPSA) is 84.0 Å². The molecule has 5 nitrogen and oxygen atoms in total. The van der Waals surface area contributed by atoms with E-state index in [4.69, 9.17) is 5.26 Å². The van der Waals surface area contributed by atoms with Crippen molar-refractivity contribution in [2.24, 2.45) is 0 Å². The number of thioether (sulfide) groups is 2. The van der Waals surface area contributed by atoms with E-state index in [0.717, 1.165) is 15.7 Å². The minimum atomic E-state index is -0.481. The lowest BCUT2D eigenvalue weighted by Gasteiger charge is -1.97. The van der Waals surface area contributed by atoms with Crippen LogP contribution in [-0.2, 0) is 4.79 Å². The number of ketones is 1. The van der Waals surface area contributed by atoms with Gasteiger partial charge in [0.15, 0.2) is 5.78 Å². The number of nitro groups is 1. The molecule has 0 aliphatic carbocycles. The molecule has 106 valence electrons. The van der Waals surface area contributed by atoms with Gasteiger partial charge in [0.2, 0.25) is 0 Å². The van der Waals surface area contributed by atoms with Gasteiger partial charge in [-0.25, -0.2) is 0 Å². The number of carbonyl (C=O) groups excluding carboxylic acids is 1. The molecule has 1 aromatic rings. The molecule has 0 unspecified atom stereocenters. The zero-order chi connectivity index (χ0) is 15.2. The minimum Gasteiger partial charge on any atom is -0.288 e. The summed E-state index contributed by atoms with van der Waals surface area (Å²) in [4.78, 5) is 22.1. The summed E-state index contributed by atoms with van der Waals surface area (Å²) in [6.07, 6.45) is 2.88. The monoisotopic (exact) mass is 318 g/mol. The summed E-state index contributed by atoms with van der Waals surface area (Å²) in [5.74, 6) is 1.47. The molecule has 2 rings (SSSR count). The van der Waals surface area contributed by atoms with Gasteiger partial charge in [-0.15, -0.1) is 23.5 Å². The summed E-state index contributed by atoms with van der Waals surface area (Å²) in [5, 5.41) is 19.6. The summed E-state index contributed by atoms with van der Waals surface area (Å²) in [5.41, 5.74) is 0.834. The van der Waals surface area contributed by atoms with Crippen LogP contribution in [0.4, 0.5) is 5.69 Å². The van der Waals surface area contributed by atoms with Crippen LogP contribution in [0.2, 0.25) is 0 Å². The predicted molar refractivity (Wildman–Crippen MR) is 84.7 cm³/mol. The van der Waals surface area contributed by atoms with Gasteiger partial charge in [0.05, 0.1) is 9.16 Å². The van der Waals surface area contributed by atoms with Crippen molar-refractivity contribution in [3.05, 3.63) is 55.8 Å². The normalized spacial score (nSPS) is 14.1. The highest BCUT2D eigenvalue weighted by Crippen LogP contribution is 2.38. The maximum atomic E-state index is 12.0. The van der Waals surface area contributed by atoms with E-state index in [0.29, 0.717) is 5.56 Å². The number of benzene rings is 1. The Morgan fingerprint density at radius 3 is 2.43 bits per heavy atom. The van der Waals surface area contributed by atoms with Gasteiger partial charge in [0, 0.05) is 23.6 Å². The lowest BCUT2D eigenvalue weighted by atomic mass is 10.1. The quantitative estimate of drug-likeness (QED) is 0.366. The number of nitrogens with zero attached hydrogens (tertiary/aromatic N) is 2. The third-order valence-electron chi connectivity index (χ3n) is 2.64. The molecule has 1 heterocycles. The van der Waals surface area contributed by atoms with Crippen molar-refractivity contribution in [2.45, 2.75) is 0 Å². The highest BCUT2D eigenvalue weighted by Gasteiger charge is 2.18. The first-order valence-electron chi connectivity index (χ1n) is 5.98. The van der Waals surface area contributed by atoms with Gasteiger partial charge in [-0.1, -0.05) is 6.08 Å². The van der Waals surface area contributed by atoms with Crippen molar-refractivity contribution < 1.29 is 9.72 Å². The standard InChI is InChI=1S/C14H10N2O3S2/c15-9-12(14-20-7-8-21-14)13(17)6-3-10-1-4-11(5-2-10)16(18)19/h1-6H,7-8H2/b6-3+. The first-order chi connectivity index (χ1) is 10.1. The van der Waals surface area contributed by atoms with Gasteiger partial charge in [-0.2, -0.15) is 5.26 Å². The molecule has 21 heavy (non-hydrogen) atoms. The van der Waals surface area contributed by atoms with Crippen LogP contribution in [0.25, 0.3) is 6.08 Å². The maximum Gasteiger partial charge on any atom is 0.269 e. The van der Waals surface area contributed by atoms with Crippen molar-refractivity contribution >= 4 is 41.1 Å². The van der Waals surface area contributed by atoms with E-state index in [1.807, 2.05) is 6.07 Å². The van der Waals surface area contributed by atoms with Crippen molar-refractivity contribution in [3.8, 4) is 6.07 Å². The first kappa shape index (κ1) is 15.4. The van der Waals surface area contributed by atoms with Gasteiger partial charge in [-0.05, 0) is 23.8 Å². The van der Waals surface area contributed by atoms with E-state index in [1.165, 1.54) is 41.7 Å². The Morgan fingerprint density at radius 2 is 1.90 bits per heavy atom. The summed E-state index contributed by atoms with van der Waals surface area (Å²) < 4.78 is 0.774. The number of nitriles is 1. The number of carbonyl (C=O) groups is 1. The van der Waals surface area contributed by atoms with E-state index < -0.39 is 4.92 Å². The van der Waals surface area contributed by atoms with Crippen LogP contribution in [0, 0.1) is 21.4 Å². The van der Waals surface area contributed by atoms with Crippen molar-refractivity contribution in [2.75, 3.05) is 11.5 Å². The van der Waals surface area contributed by atoms with Gasteiger partial charge in [0.25, 0.3) is 5.69 Å². The van der Waals surface area contributed by atoms with Crippen LogP contribution in [0.5, 0.6) is 0 Å². The molecule has 0 spiro atoms. The molecule has 0 amide bonds. The molecule has 0 saturated carbocycles. The Bertz CT molecular complexity index is 664. The van der Waals surface area contributed by atoms with Crippen LogP contribution in [0.15, 0.2) is 40.2 Å². The summed E-state index contributed by atoms with van der Waals surface area (Å²) in [7, 11) is 0. The fraction of sp³-hybridized carbons (Fsp3) is 0.143. The molecule has 0 radical (unpaired) electrons. The molecule has 1 saturated heterocycles. The molecule has 0 bridgehead atoms. The highest BCUT2D eigenvalue weighted by molar-refractivity contribution is 8.25. The Morgan fingerprint density at radius 1 is 1.29 bits per heavy atom. The Kier molecular flexibility index (Phi) is 5.20. The second kappa shape index (κ2) is 7.11. The van der Waals surface area contributed by atoms with E-state index in [9.17, 15) is 14.9 Å². The van der Waals surface area contributed by atoms with Crippen molar-refractivity contribution in [1.82, 2.24) is 0 Å². The third kappa shape index (κ3) is 3.97. The number of non-ortho nitro benzene ring substituents is 1. The maximum absolute atomic E-state index is 12.0. The van der Waals surface area contributed by atoms with Crippen molar-refractivity contribution in [3.63, 3.8) is 0 Å². The van der Waals surface area contributed by atoms with Gasteiger partial charge in [-0.3, -0.25) is 14.9 Å². The SMILES string of the molecule is N#CC(C(=O)/C=C/c1ccc([N+](=O)[O-])cc1)=C1SCCS1. The van der Waals surface area contributed by atoms with Crippen LogP contribution in [0.3, 0.4) is 0 Å². The Hall–Kier alpha value is -2.04. The number of rotatable bonds is 4. The fourth-order valence-electron chi connectivity index (χ4n) is 1.62. The van der Waals surface area contributed by atoms with Gasteiger partial charge in [0.1, 0.15) is 11.6 Å². The average Bonchev–Trinajstić information content (AvgIpc) is 3.00. The average molecular weight is 318 g/mol. The zero-order valence-electron chi connectivity index (χ0n) is 10.8. The molecule has 0 aromatic heterocycles. The molecular weight excluding hydrogens is 308 g/mol. The molecule has 1 fully saturated rings. The van der Waals surface area contributed by atoms with E-state index in [1.54, 1.807) is 18.2 Å². The molecule has 0 N–H and O–H groups in total. The van der Waals surface area contributed by atoms with Crippen LogP contribution >= 0.6 is 23.5 Å². The minimum absolute atomic E-state index is 0.00272. The second-order valence-electron chi connectivity index (χ2n) is 4.02. The van der Waals surface area contributed by atoms with Crippen molar-refractivity contribution in [1.29, 1.82) is 5.26 Å². The fourth-order valence-corrected chi connectivity index (χ4v) is 4.07. The Balaban J connectivity index is 2.13. The van der Waals surface area contributed by atoms with Crippen LogP contribution < -0.4 is 0 Å². The summed E-state index contributed by atoms with van der Waals surface area (Å²) >= 11 is 3.04. The van der Waals surface area contributed by atoms with Gasteiger partial charge >= 0.3 is 0 Å². The molecule has 7 heteroatoms. The second-order valence-corrected chi connectivity index (χ2v) is 6.49. The van der Waals surface area contributed by atoms with Crippen LogP contribution in [-0.4, -0.2) is 22.2 Å². The van der Waals surface area contributed by atoms with Gasteiger partial charge < -0.3 is 0 Å².